The number of amides is 2. The van der Waals surface area contributed by atoms with Gasteiger partial charge in [-0.15, -0.1) is 0 Å². The molecule has 0 saturated carbocycles. The van der Waals surface area contributed by atoms with Crippen LogP contribution in [0.4, 0.5) is 10.1 Å². The summed E-state index contributed by atoms with van der Waals surface area (Å²) in [6, 6.07) is 4.28. The average Bonchev–Trinajstić information content (AvgIpc) is 2.38. The van der Waals surface area contributed by atoms with Crippen molar-refractivity contribution in [2.24, 2.45) is 0 Å². The maximum atomic E-state index is 13.3. The van der Waals surface area contributed by atoms with Gasteiger partial charge in [0, 0.05) is 12.2 Å². The Labute approximate surface area is 118 Å². The zero-order valence-electron chi connectivity index (χ0n) is 12.0. The van der Waals surface area contributed by atoms with Gasteiger partial charge in [0.1, 0.15) is 5.82 Å². The van der Waals surface area contributed by atoms with Crippen LogP contribution < -0.4 is 10.6 Å². The standard InChI is InChI=1S/C14H20FN3O2/c1-10-5-6-11(9-12(10)15)17-14(20)13(19)16-7-4-8-18(2)3/h5-6,9H,4,7-8H2,1-3H3,(H,16,19)(H,17,20). The van der Waals surface area contributed by atoms with Crippen LogP contribution in [0.2, 0.25) is 0 Å². The smallest absolute Gasteiger partial charge is 0.313 e. The van der Waals surface area contributed by atoms with E-state index < -0.39 is 17.6 Å². The lowest BCUT2D eigenvalue weighted by molar-refractivity contribution is -0.136. The van der Waals surface area contributed by atoms with E-state index in [4.69, 9.17) is 0 Å². The van der Waals surface area contributed by atoms with Crippen molar-refractivity contribution in [3.8, 4) is 0 Å². The van der Waals surface area contributed by atoms with E-state index in [0.717, 1.165) is 13.0 Å². The van der Waals surface area contributed by atoms with E-state index in [-0.39, 0.29) is 5.69 Å². The van der Waals surface area contributed by atoms with E-state index in [2.05, 4.69) is 10.6 Å². The summed E-state index contributed by atoms with van der Waals surface area (Å²) in [4.78, 5) is 25.1. The minimum Gasteiger partial charge on any atom is -0.348 e. The quantitative estimate of drug-likeness (QED) is 0.628. The number of halogens is 1. The van der Waals surface area contributed by atoms with E-state index in [1.165, 1.54) is 6.07 Å². The Morgan fingerprint density at radius 2 is 1.95 bits per heavy atom. The summed E-state index contributed by atoms with van der Waals surface area (Å²) >= 11 is 0. The van der Waals surface area contributed by atoms with Gasteiger partial charge in [-0.25, -0.2) is 4.39 Å². The first-order valence-electron chi connectivity index (χ1n) is 6.40. The molecule has 0 spiro atoms. The van der Waals surface area contributed by atoms with Gasteiger partial charge in [-0.1, -0.05) is 6.07 Å². The normalized spacial score (nSPS) is 10.4. The molecule has 1 rings (SSSR count). The van der Waals surface area contributed by atoms with Crippen molar-refractivity contribution in [1.82, 2.24) is 10.2 Å². The van der Waals surface area contributed by atoms with Gasteiger partial charge in [0.15, 0.2) is 0 Å². The molecule has 6 heteroatoms. The van der Waals surface area contributed by atoms with Crippen molar-refractivity contribution in [2.45, 2.75) is 13.3 Å². The number of nitrogens with one attached hydrogen (secondary N) is 2. The molecule has 0 aliphatic heterocycles. The summed E-state index contributed by atoms with van der Waals surface area (Å²) in [6.45, 7) is 2.87. The molecule has 0 atom stereocenters. The highest BCUT2D eigenvalue weighted by Gasteiger charge is 2.13. The molecular formula is C14H20FN3O2. The lowest BCUT2D eigenvalue weighted by Gasteiger charge is -2.10. The van der Waals surface area contributed by atoms with Gasteiger partial charge in [-0.2, -0.15) is 0 Å². The molecule has 0 heterocycles. The Bertz CT molecular complexity index is 489. The second-order valence-corrected chi connectivity index (χ2v) is 4.83. The Hall–Kier alpha value is -1.95. The number of carbonyl (C=O) groups excluding carboxylic acids is 2. The fourth-order valence-electron chi connectivity index (χ4n) is 1.54. The van der Waals surface area contributed by atoms with Crippen LogP contribution in [-0.2, 0) is 9.59 Å². The van der Waals surface area contributed by atoms with Crippen LogP contribution in [0.15, 0.2) is 18.2 Å². The Morgan fingerprint density at radius 3 is 2.55 bits per heavy atom. The number of anilines is 1. The van der Waals surface area contributed by atoms with Gasteiger partial charge in [-0.05, 0) is 51.7 Å². The average molecular weight is 281 g/mol. The maximum Gasteiger partial charge on any atom is 0.313 e. The minimum atomic E-state index is -0.793. The first kappa shape index (κ1) is 16.1. The van der Waals surface area contributed by atoms with E-state index >= 15 is 0 Å². The third kappa shape index (κ3) is 5.36. The Kier molecular flexibility index (Phi) is 6.11. The molecule has 20 heavy (non-hydrogen) atoms. The fourth-order valence-corrected chi connectivity index (χ4v) is 1.54. The molecule has 1 aromatic carbocycles. The van der Waals surface area contributed by atoms with E-state index in [9.17, 15) is 14.0 Å². The third-order valence-electron chi connectivity index (χ3n) is 2.70. The second kappa shape index (κ2) is 7.59. The SMILES string of the molecule is Cc1ccc(NC(=O)C(=O)NCCCN(C)C)cc1F. The third-order valence-corrected chi connectivity index (χ3v) is 2.70. The molecule has 0 aliphatic carbocycles. The summed E-state index contributed by atoms with van der Waals surface area (Å²) in [7, 11) is 3.86. The number of benzene rings is 1. The zero-order chi connectivity index (χ0) is 15.1. The molecule has 0 fully saturated rings. The molecule has 5 nitrogen and oxygen atoms in total. The molecule has 0 saturated heterocycles. The largest absolute Gasteiger partial charge is 0.348 e. The van der Waals surface area contributed by atoms with Crippen LogP contribution in [0.3, 0.4) is 0 Å². The molecule has 0 radical (unpaired) electrons. The van der Waals surface area contributed by atoms with Gasteiger partial charge < -0.3 is 15.5 Å². The predicted molar refractivity (Wildman–Crippen MR) is 75.9 cm³/mol. The minimum absolute atomic E-state index is 0.265. The van der Waals surface area contributed by atoms with Crippen molar-refractivity contribution in [1.29, 1.82) is 0 Å². The van der Waals surface area contributed by atoms with Crippen LogP contribution in [0, 0.1) is 12.7 Å². The van der Waals surface area contributed by atoms with Gasteiger partial charge in [0.2, 0.25) is 0 Å². The first-order chi connectivity index (χ1) is 9.40. The Morgan fingerprint density at radius 1 is 1.25 bits per heavy atom. The number of rotatable bonds is 5. The monoisotopic (exact) mass is 281 g/mol. The van der Waals surface area contributed by atoms with Crippen LogP contribution >= 0.6 is 0 Å². The van der Waals surface area contributed by atoms with Crippen molar-refractivity contribution in [2.75, 3.05) is 32.5 Å². The van der Waals surface area contributed by atoms with E-state index in [1.807, 2.05) is 19.0 Å². The van der Waals surface area contributed by atoms with Crippen LogP contribution in [-0.4, -0.2) is 43.9 Å². The molecular weight excluding hydrogens is 261 g/mol. The molecule has 0 aliphatic rings. The number of nitrogens with zero attached hydrogens (tertiary/aromatic N) is 1. The molecule has 0 aromatic heterocycles. The zero-order valence-corrected chi connectivity index (χ0v) is 12.0. The van der Waals surface area contributed by atoms with Crippen LogP contribution in [0.25, 0.3) is 0 Å². The molecule has 1 aromatic rings. The van der Waals surface area contributed by atoms with Gasteiger partial charge in [0.25, 0.3) is 0 Å². The highest BCUT2D eigenvalue weighted by molar-refractivity contribution is 6.39. The molecule has 2 N–H and O–H groups in total. The summed E-state index contributed by atoms with van der Waals surface area (Å²) in [5.41, 5.74) is 0.748. The molecule has 110 valence electrons. The summed E-state index contributed by atoms with van der Waals surface area (Å²) in [6.07, 6.45) is 0.755. The van der Waals surface area contributed by atoms with Crippen molar-refractivity contribution < 1.29 is 14.0 Å². The lowest BCUT2D eigenvalue weighted by atomic mass is 10.2. The van der Waals surface area contributed by atoms with Crippen LogP contribution in [0.5, 0.6) is 0 Å². The summed E-state index contributed by atoms with van der Waals surface area (Å²) < 4.78 is 13.3. The van der Waals surface area contributed by atoms with Gasteiger partial charge in [-0.3, -0.25) is 9.59 Å². The maximum absolute atomic E-state index is 13.3. The van der Waals surface area contributed by atoms with Crippen LogP contribution in [0.1, 0.15) is 12.0 Å². The van der Waals surface area contributed by atoms with Gasteiger partial charge in [0.05, 0.1) is 0 Å². The second-order valence-electron chi connectivity index (χ2n) is 4.83. The lowest BCUT2D eigenvalue weighted by Crippen LogP contribution is -2.36. The molecule has 0 bridgehead atoms. The highest BCUT2D eigenvalue weighted by atomic mass is 19.1. The molecule has 0 unspecified atom stereocenters. The highest BCUT2D eigenvalue weighted by Crippen LogP contribution is 2.13. The van der Waals surface area contributed by atoms with Crippen molar-refractivity contribution >= 4 is 17.5 Å². The van der Waals surface area contributed by atoms with E-state index in [0.29, 0.717) is 12.1 Å². The number of carbonyl (C=O) groups is 2. The molecule has 2 amide bonds. The fraction of sp³-hybridized carbons (Fsp3) is 0.429. The topological polar surface area (TPSA) is 61.4 Å². The summed E-state index contributed by atoms with van der Waals surface area (Å²) in [5, 5.41) is 4.87. The predicted octanol–water partition coefficient (Wildman–Crippen LogP) is 1.14. The van der Waals surface area contributed by atoms with Crippen molar-refractivity contribution in [3.63, 3.8) is 0 Å². The number of hydrogen-bond donors (Lipinski definition) is 2. The first-order valence-corrected chi connectivity index (χ1v) is 6.40. The number of aryl methyl sites for hydroxylation is 1. The van der Waals surface area contributed by atoms with E-state index in [1.54, 1.807) is 19.1 Å². The number of hydrogen-bond acceptors (Lipinski definition) is 3. The Balaban J connectivity index is 2.41. The summed E-state index contributed by atoms with van der Waals surface area (Å²) in [5.74, 6) is -1.93. The van der Waals surface area contributed by atoms with Gasteiger partial charge >= 0.3 is 11.8 Å². The van der Waals surface area contributed by atoms with Crippen molar-refractivity contribution in [3.05, 3.63) is 29.6 Å².